The average Bonchev–Trinajstić information content (AvgIpc) is 2.29. The van der Waals surface area contributed by atoms with Crippen molar-refractivity contribution in [2.75, 3.05) is 40.8 Å². The second-order valence-corrected chi connectivity index (χ2v) is 5.35. The fourth-order valence-corrected chi connectivity index (χ4v) is 1.94. The first kappa shape index (κ1) is 15.2. The number of hydrogen-bond acceptors (Lipinski definition) is 3. The van der Waals surface area contributed by atoms with Gasteiger partial charge < -0.3 is 14.9 Å². The number of aliphatic hydroxyl groups excluding tert-OH is 1. The predicted molar refractivity (Wildman–Crippen MR) is 76.8 cm³/mol. The molecule has 0 aliphatic carbocycles. The van der Waals surface area contributed by atoms with Gasteiger partial charge in [0.1, 0.15) is 0 Å². The zero-order valence-electron chi connectivity index (χ0n) is 12.1. The molecule has 3 heteroatoms. The zero-order valence-corrected chi connectivity index (χ0v) is 12.1. The lowest BCUT2D eigenvalue weighted by atomic mass is 10.1. The van der Waals surface area contributed by atoms with Crippen LogP contribution in [-0.4, -0.2) is 55.7 Å². The number of nitrogens with zero attached hydrogens (tertiary/aromatic N) is 2. The summed E-state index contributed by atoms with van der Waals surface area (Å²) in [6, 6.07) is 8.11. The Morgan fingerprint density at radius 1 is 1.06 bits per heavy atom. The van der Waals surface area contributed by atoms with Crippen molar-refractivity contribution < 1.29 is 5.11 Å². The van der Waals surface area contributed by atoms with Crippen LogP contribution in [-0.2, 0) is 0 Å². The van der Waals surface area contributed by atoms with E-state index in [4.69, 9.17) is 0 Å². The highest BCUT2D eigenvalue weighted by molar-refractivity contribution is 5.23. The van der Waals surface area contributed by atoms with Crippen LogP contribution in [0.15, 0.2) is 24.3 Å². The molecular weight excluding hydrogens is 224 g/mol. The minimum Gasteiger partial charge on any atom is -0.387 e. The van der Waals surface area contributed by atoms with Crippen LogP contribution in [0.5, 0.6) is 0 Å². The van der Waals surface area contributed by atoms with E-state index in [1.807, 2.05) is 24.3 Å². The molecule has 1 aromatic carbocycles. The van der Waals surface area contributed by atoms with Crippen molar-refractivity contribution in [1.29, 1.82) is 0 Å². The number of rotatable bonds is 7. The van der Waals surface area contributed by atoms with Gasteiger partial charge in [-0.15, -0.1) is 0 Å². The molecule has 0 amide bonds. The molecule has 0 radical (unpaired) electrons. The average molecular weight is 250 g/mol. The van der Waals surface area contributed by atoms with E-state index < -0.39 is 6.10 Å². The van der Waals surface area contributed by atoms with Crippen LogP contribution in [0.2, 0.25) is 0 Å². The Morgan fingerprint density at radius 2 is 1.67 bits per heavy atom. The summed E-state index contributed by atoms with van der Waals surface area (Å²) >= 11 is 0. The lowest BCUT2D eigenvalue weighted by Gasteiger charge is -2.21. The van der Waals surface area contributed by atoms with Gasteiger partial charge in [0.05, 0.1) is 6.10 Å². The van der Waals surface area contributed by atoms with E-state index in [9.17, 15) is 5.11 Å². The van der Waals surface area contributed by atoms with Gasteiger partial charge in [0.2, 0.25) is 0 Å². The fraction of sp³-hybridized carbons (Fsp3) is 0.600. The van der Waals surface area contributed by atoms with Crippen molar-refractivity contribution in [3.63, 3.8) is 0 Å². The van der Waals surface area contributed by atoms with Crippen molar-refractivity contribution >= 4 is 0 Å². The first-order valence-electron chi connectivity index (χ1n) is 6.57. The molecule has 1 unspecified atom stereocenters. The fourth-order valence-electron chi connectivity index (χ4n) is 1.94. The molecule has 1 aromatic rings. The lowest BCUT2D eigenvalue weighted by Crippen LogP contribution is -2.27. The molecule has 0 fully saturated rings. The molecule has 1 rings (SSSR count). The SMILES string of the molecule is Cc1ccc(C(O)CN(C)CCCN(C)C)cc1. The molecule has 0 heterocycles. The van der Waals surface area contributed by atoms with Gasteiger partial charge in [0.15, 0.2) is 0 Å². The van der Waals surface area contributed by atoms with Gasteiger partial charge in [-0.2, -0.15) is 0 Å². The molecule has 0 saturated heterocycles. The third-order valence-corrected chi connectivity index (χ3v) is 3.09. The minimum absolute atomic E-state index is 0.394. The smallest absolute Gasteiger partial charge is 0.0916 e. The van der Waals surface area contributed by atoms with Crippen LogP contribution in [0.25, 0.3) is 0 Å². The van der Waals surface area contributed by atoms with E-state index >= 15 is 0 Å². The molecule has 18 heavy (non-hydrogen) atoms. The van der Waals surface area contributed by atoms with Crippen LogP contribution in [0.1, 0.15) is 23.7 Å². The molecule has 0 bridgehead atoms. The maximum atomic E-state index is 10.1. The maximum absolute atomic E-state index is 10.1. The number of aryl methyl sites for hydroxylation is 1. The highest BCUT2D eigenvalue weighted by Gasteiger charge is 2.10. The second-order valence-electron chi connectivity index (χ2n) is 5.35. The molecule has 102 valence electrons. The Labute approximate surface area is 111 Å². The number of hydrogen-bond donors (Lipinski definition) is 1. The van der Waals surface area contributed by atoms with E-state index in [0.717, 1.165) is 25.1 Å². The number of likely N-dealkylation sites (N-methyl/N-ethyl adjacent to an activating group) is 1. The molecule has 0 saturated carbocycles. The highest BCUT2D eigenvalue weighted by atomic mass is 16.3. The monoisotopic (exact) mass is 250 g/mol. The van der Waals surface area contributed by atoms with Gasteiger partial charge in [-0.25, -0.2) is 0 Å². The van der Waals surface area contributed by atoms with Crippen LogP contribution < -0.4 is 0 Å². The molecule has 3 nitrogen and oxygen atoms in total. The van der Waals surface area contributed by atoms with E-state index in [2.05, 4.69) is 37.9 Å². The highest BCUT2D eigenvalue weighted by Crippen LogP contribution is 2.14. The van der Waals surface area contributed by atoms with Crippen molar-refractivity contribution in [3.8, 4) is 0 Å². The van der Waals surface area contributed by atoms with Gasteiger partial charge in [-0.05, 0) is 53.1 Å². The summed E-state index contributed by atoms with van der Waals surface area (Å²) < 4.78 is 0. The Hall–Kier alpha value is -0.900. The Balaban J connectivity index is 2.34. The van der Waals surface area contributed by atoms with E-state index in [1.54, 1.807) is 0 Å². The number of benzene rings is 1. The topological polar surface area (TPSA) is 26.7 Å². The molecule has 0 spiro atoms. The summed E-state index contributed by atoms with van der Waals surface area (Å²) in [5, 5.41) is 10.1. The van der Waals surface area contributed by atoms with Crippen LogP contribution in [0, 0.1) is 6.92 Å². The third-order valence-electron chi connectivity index (χ3n) is 3.09. The predicted octanol–water partition coefficient (Wildman–Crippen LogP) is 1.91. The standard InChI is InChI=1S/C15H26N2O/c1-13-6-8-14(9-7-13)15(18)12-17(4)11-5-10-16(2)3/h6-9,15,18H,5,10-12H2,1-4H3. The normalized spacial score (nSPS) is 13.3. The van der Waals surface area contributed by atoms with E-state index in [1.165, 1.54) is 5.56 Å². The molecule has 1 N–H and O–H groups in total. The quantitative estimate of drug-likeness (QED) is 0.801. The van der Waals surface area contributed by atoms with Crippen LogP contribution in [0.3, 0.4) is 0 Å². The summed E-state index contributed by atoms with van der Waals surface area (Å²) in [5.74, 6) is 0. The molecule has 0 aliphatic heterocycles. The summed E-state index contributed by atoms with van der Waals surface area (Å²) in [4.78, 5) is 4.37. The van der Waals surface area contributed by atoms with Crippen LogP contribution in [0.4, 0.5) is 0 Å². The Morgan fingerprint density at radius 3 is 2.22 bits per heavy atom. The third kappa shape index (κ3) is 5.63. The summed E-state index contributed by atoms with van der Waals surface area (Å²) in [6.07, 6.45) is 0.736. The second kappa shape index (κ2) is 7.52. The Kier molecular flexibility index (Phi) is 6.33. The first-order chi connectivity index (χ1) is 8.49. The van der Waals surface area contributed by atoms with Crippen molar-refractivity contribution in [2.24, 2.45) is 0 Å². The van der Waals surface area contributed by atoms with Crippen molar-refractivity contribution in [1.82, 2.24) is 9.80 Å². The van der Waals surface area contributed by atoms with E-state index in [-0.39, 0.29) is 0 Å². The molecular formula is C15H26N2O. The lowest BCUT2D eigenvalue weighted by molar-refractivity contribution is 0.125. The zero-order chi connectivity index (χ0) is 13.5. The van der Waals surface area contributed by atoms with Gasteiger partial charge in [-0.1, -0.05) is 29.8 Å². The minimum atomic E-state index is -0.394. The Bertz CT molecular complexity index is 335. The number of aliphatic hydroxyl groups is 1. The van der Waals surface area contributed by atoms with Crippen LogP contribution >= 0.6 is 0 Å². The van der Waals surface area contributed by atoms with Gasteiger partial charge in [0.25, 0.3) is 0 Å². The largest absolute Gasteiger partial charge is 0.387 e. The summed E-state index contributed by atoms with van der Waals surface area (Å²) in [7, 11) is 6.23. The first-order valence-corrected chi connectivity index (χ1v) is 6.57. The summed E-state index contributed by atoms with van der Waals surface area (Å²) in [6.45, 7) is 4.85. The summed E-state index contributed by atoms with van der Waals surface area (Å²) in [5.41, 5.74) is 2.23. The van der Waals surface area contributed by atoms with Gasteiger partial charge >= 0.3 is 0 Å². The van der Waals surface area contributed by atoms with Crippen molar-refractivity contribution in [3.05, 3.63) is 35.4 Å². The van der Waals surface area contributed by atoms with Crippen molar-refractivity contribution in [2.45, 2.75) is 19.4 Å². The maximum Gasteiger partial charge on any atom is 0.0916 e. The molecule has 1 atom stereocenters. The van der Waals surface area contributed by atoms with Gasteiger partial charge in [-0.3, -0.25) is 0 Å². The van der Waals surface area contributed by atoms with E-state index in [0.29, 0.717) is 6.54 Å². The molecule has 0 aliphatic rings. The van der Waals surface area contributed by atoms with Gasteiger partial charge in [0, 0.05) is 6.54 Å². The molecule has 0 aromatic heterocycles.